The number of hydrogen-bond donors (Lipinski definition) is 1. The van der Waals surface area contributed by atoms with Crippen LogP contribution < -0.4 is 15.0 Å². The highest BCUT2D eigenvalue weighted by atomic mass is 16.5. The molecule has 1 saturated carbocycles. The second kappa shape index (κ2) is 9.06. The predicted octanol–water partition coefficient (Wildman–Crippen LogP) is 3.81. The summed E-state index contributed by atoms with van der Waals surface area (Å²) >= 11 is 0. The molecule has 6 heteroatoms. The zero-order chi connectivity index (χ0) is 20.2. The number of anilines is 2. The molecule has 3 fully saturated rings. The van der Waals surface area contributed by atoms with E-state index >= 15 is 0 Å². The summed E-state index contributed by atoms with van der Waals surface area (Å²) in [5.41, 5.74) is 1.82. The van der Waals surface area contributed by atoms with Gasteiger partial charge in [-0.05, 0) is 50.3 Å². The van der Waals surface area contributed by atoms with Crippen LogP contribution in [0.25, 0.3) is 0 Å². The SMILES string of the molecule is COc1ccc(N2CCCCC2)cc1NC(=O)C1CC(=O)N(C2CCCCC2)C1. The highest BCUT2D eigenvalue weighted by molar-refractivity contribution is 5.98. The van der Waals surface area contributed by atoms with Gasteiger partial charge >= 0.3 is 0 Å². The fourth-order valence-electron chi connectivity index (χ4n) is 5.03. The molecule has 0 aromatic heterocycles. The van der Waals surface area contributed by atoms with Crippen molar-refractivity contribution in [3.05, 3.63) is 18.2 Å². The highest BCUT2D eigenvalue weighted by Crippen LogP contribution is 2.33. The third-order valence-corrected chi connectivity index (χ3v) is 6.71. The summed E-state index contributed by atoms with van der Waals surface area (Å²) in [4.78, 5) is 29.9. The normalized spacial score (nSPS) is 23.3. The number of carbonyl (C=O) groups is 2. The maximum atomic E-state index is 13.0. The Morgan fingerprint density at radius 3 is 2.52 bits per heavy atom. The lowest BCUT2D eigenvalue weighted by Crippen LogP contribution is -2.38. The van der Waals surface area contributed by atoms with E-state index in [-0.39, 0.29) is 17.7 Å². The summed E-state index contributed by atoms with van der Waals surface area (Å²) in [7, 11) is 1.62. The van der Waals surface area contributed by atoms with Crippen LogP contribution in [0, 0.1) is 5.92 Å². The van der Waals surface area contributed by atoms with Gasteiger partial charge in [0.2, 0.25) is 11.8 Å². The standard InChI is InChI=1S/C23H33N3O3/c1-29-21-11-10-19(25-12-6-3-7-13-25)15-20(21)24-23(28)17-14-22(27)26(16-17)18-8-4-2-5-9-18/h10-11,15,17-18H,2-9,12-14,16H2,1H3,(H,24,28). The molecule has 4 rings (SSSR count). The lowest BCUT2D eigenvalue weighted by Gasteiger charge is -2.31. The van der Waals surface area contributed by atoms with E-state index in [2.05, 4.69) is 16.3 Å². The second-order valence-corrected chi connectivity index (χ2v) is 8.66. The zero-order valence-corrected chi connectivity index (χ0v) is 17.5. The van der Waals surface area contributed by atoms with Crippen molar-refractivity contribution in [2.24, 2.45) is 5.92 Å². The van der Waals surface area contributed by atoms with E-state index in [1.807, 2.05) is 17.0 Å². The highest BCUT2D eigenvalue weighted by Gasteiger charge is 2.38. The average molecular weight is 400 g/mol. The van der Waals surface area contributed by atoms with E-state index in [1.54, 1.807) is 7.11 Å². The van der Waals surface area contributed by atoms with Gasteiger partial charge in [0.05, 0.1) is 18.7 Å². The van der Waals surface area contributed by atoms with Crippen molar-refractivity contribution < 1.29 is 14.3 Å². The van der Waals surface area contributed by atoms with E-state index in [4.69, 9.17) is 4.74 Å². The van der Waals surface area contributed by atoms with Crippen LogP contribution in [-0.2, 0) is 9.59 Å². The minimum atomic E-state index is -0.284. The Labute approximate surface area is 173 Å². The Bertz CT molecular complexity index is 739. The van der Waals surface area contributed by atoms with E-state index in [1.165, 1.54) is 38.5 Å². The molecule has 2 aliphatic heterocycles. The van der Waals surface area contributed by atoms with Gasteiger partial charge in [-0.25, -0.2) is 0 Å². The maximum Gasteiger partial charge on any atom is 0.229 e. The van der Waals surface area contributed by atoms with Gasteiger partial charge in [-0.15, -0.1) is 0 Å². The first-order valence-corrected chi connectivity index (χ1v) is 11.2. The number of carbonyl (C=O) groups excluding carboxylic acids is 2. The van der Waals surface area contributed by atoms with Crippen LogP contribution in [0.5, 0.6) is 5.75 Å². The Morgan fingerprint density at radius 2 is 1.79 bits per heavy atom. The van der Waals surface area contributed by atoms with Gasteiger partial charge < -0.3 is 19.9 Å². The number of rotatable bonds is 5. The molecule has 0 spiro atoms. The number of nitrogens with zero attached hydrogens (tertiary/aromatic N) is 2. The molecule has 6 nitrogen and oxygen atoms in total. The van der Waals surface area contributed by atoms with E-state index < -0.39 is 0 Å². The van der Waals surface area contributed by atoms with Crippen molar-refractivity contribution in [2.45, 2.75) is 63.8 Å². The second-order valence-electron chi connectivity index (χ2n) is 8.66. The number of methoxy groups -OCH3 is 1. The van der Waals surface area contributed by atoms with Crippen LogP contribution >= 0.6 is 0 Å². The molecule has 1 atom stereocenters. The molecule has 1 aliphatic carbocycles. The van der Waals surface area contributed by atoms with Crippen LogP contribution in [0.1, 0.15) is 57.8 Å². The molecule has 0 radical (unpaired) electrons. The molecule has 29 heavy (non-hydrogen) atoms. The lowest BCUT2D eigenvalue weighted by molar-refractivity contribution is -0.130. The van der Waals surface area contributed by atoms with Gasteiger partial charge in [-0.3, -0.25) is 9.59 Å². The van der Waals surface area contributed by atoms with E-state index in [0.717, 1.165) is 31.6 Å². The van der Waals surface area contributed by atoms with Crippen molar-refractivity contribution in [1.82, 2.24) is 4.90 Å². The van der Waals surface area contributed by atoms with Crippen molar-refractivity contribution in [3.8, 4) is 5.75 Å². The quantitative estimate of drug-likeness (QED) is 0.818. The molecule has 2 saturated heterocycles. The fraction of sp³-hybridized carbons (Fsp3) is 0.652. The van der Waals surface area contributed by atoms with Gasteiger partial charge in [-0.2, -0.15) is 0 Å². The van der Waals surface area contributed by atoms with Gasteiger partial charge in [0, 0.05) is 37.8 Å². The topological polar surface area (TPSA) is 61.9 Å². The summed E-state index contributed by atoms with van der Waals surface area (Å²) in [5, 5.41) is 3.06. The molecule has 0 bridgehead atoms. The van der Waals surface area contributed by atoms with Crippen molar-refractivity contribution in [1.29, 1.82) is 0 Å². The Balaban J connectivity index is 1.44. The molecule has 158 valence electrons. The molecule has 1 aromatic carbocycles. The van der Waals surface area contributed by atoms with Gasteiger partial charge in [0.25, 0.3) is 0 Å². The fourth-order valence-corrected chi connectivity index (χ4v) is 5.03. The van der Waals surface area contributed by atoms with Crippen molar-refractivity contribution >= 4 is 23.2 Å². The minimum Gasteiger partial charge on any atom is -0.495 e. The van der Waals surface area contributed by atoms with Crippen LogP contribution in [0.2, 0.25) is 0 Å². The lowest BCUT2D eigenvalue weighted by atomic mass is 9.94. The number of benzene rings is 1. The number of hydrogen-bond acceptors (Lipinski definition) is 4. The molecule has 1 aromatic rings. The first-order valence-electron chi connectivity index (χ1n) is 11.2. The first kappa shape index (κ1) is 20.0. The number of amides is 2. The van der Waals surface area contributed by atoms with Crippen molar-refractivity contribution in [3.63, 3.8) is 0 Å². The largest absolute Gasteiger partial charge is 0.495 e. The summed E-state index contributed by atoms with van der Waals surface area (Å²) in [5.74, 6) is 0.428. The smallest absolute Gasteiger partial charge is 0.229 e. The zero-order valence-electron chi connectivity index (χ0n) is 17.5. The number of piperidine rings is 1. The maximum absolute atomic E-state index is 13.0. The molecule has 1 unspecified atom stereocenters. The van der Waals surface area contributed by atoms with Crippen LogP contribution in [0.4, 0.5) is 11.4 Å². The molecular formula is C23H33N3O3. The molecule has 2 heterocycles. The summed E-state index contributed by atoms with van der Waals surface area (Å²) < 4.78 is 5.48. The van der Waals surface area contributed by atoms with Gasteiger partial charge in [0.15, 0.2) is 0 Å². The van der Waals surface area contributed by atoms with E-state index in [9.17, 15) is 9.59 Å². The third kappa shape index (κ3) is 4.51. The summed E-state index contributed by atoms with van der Waals surface area (Å²) in [6.45, 7) is 2.64. The first-order chi connectivity index (χ1) is 14.2. The molecule has 2 amide bonds. The third-order valence-electron chi connectivity index (χ3n) is 6.71. The number of likely N-dealkylation sites (tertiary alicyclic amines) is 1. The van der Waals surface area contributed by atoms with Crippen LogP contribution in [0.3, 0.4) is 0 Å². The predicted molar refractivity (Wildman–Crippen MR) is 114 cm³/mol. The summed E-state index contributed by atoms with van der Waals surface area (Å²) in [6.07, 6.45) is 9.79. The van der Waals surface area contributed by atoms with E-state index in [0.29, 0.717) is 30.4 Å². The molecule has 1 N–H and O–H groups in total. The molecule has 3 aliphatic rings. The Hall–Kier alpha value is -2.24. The van der Waals surface area contributed by atoms with Crippen molar-refractivity contribution in [2.75, 3.05) is 37.0 Å². The van der Waals surface area contributed by atoms with Crippen LogP contribution in [0.15, 0.2) is 18.2 Å². The minimum absolute atomic E-state index is 0.0780. The Morgan fingerprint density at radius 1 is 1.07 bits per heavy atom. The number of nitrogens with one attached hydrogen (secondary N) is 1. The van der Waals surface area contributed by atoms with Gasteiger partial charge in [-0.1, -0.05) is 19.3 Å². The summed E-state index contributed by atoms with van der Waals surface area (Å²) in [6, 6.07) is 6.32. The Kier molecular flexibility index (Phi) is 6.26. The van der Waals surface area contributed by atoms with Gasteiger partial charge in [0.1, 0.15) is 5.75 Å². The molecular weight excluding hydrogens is 366 g/mol. The number of ether oxygens (including phenoxy) is 1. The average Bonchev–Trinajstić information content (AvgIpc) is 3.17. The monoisotopic (exact) mass is 399 g/mol. The van der Waals surface area contributed by atoms with Crippen LogP contribution in [-0.4, -0.2) is 49.5 Å².